The number of nitrogens with zero attached hydrogens (tertiary/aromatic N) is 1. The number of rotatable bonds is 7. The molecule has 0 spiro atoms. The topological polar surface area (TPSA) is 61.4 Å². The summed E-state index contributed by atoms with van der Waals surface area (Å²) in [6.45, 7) is 9.55. The Morgan fingerprint density at radius 3 is 2.10 bits per heavy atom. The molecule has 1 aliphatic rings. The smallest absolute Gasteiger partial charge is 0.252 e. The van der Waals surface area contributed by atoms with E-state index in [2.05, 4.69) is 29.4 Å². The van der Waals surface area contributed by atoms with Crippen molar-refractivity contribution in [1.82, 2.24) is 15.5 Å². The van der Waals surface area contributed by atoms with E-state index in [1.165, 1.54) is 6.42 Å². The molecule has 1 aliphatic heterocycles. The fourth-order valence-electron chi connectivity index (χ4n) is 4.45. The van der Waals surface area contributed by atoms with Gasteiger partial charge in [0.05, 0.1) is 0 Å². The molecule has 4 unspecified atom stereocenters. The SMILES string of the molecule is CC1CC(C)CN(CC(C)NC(=O)C(NC(=O)c2ccccc2)c2ccccc2)C1. The lowest BCUT2D eigenvalue weighted by Crippen LogP contribution is -2.49. The Morgan fingerprint density at radius 1 is 0.933 bits per heavy atom. The van der Waals surface area contributed by atoms with Crippen molar-refractivity contribution in [3.05, 3.63) is 71.8 Å². The fourth-order valence-corrected chi connectivity index (χ4v) is 4.45. The van der Waals surface area contributed by atoms with E-state index < -0.39 is 6.04 Å². The Labute approximate surface area is 179 Å². The van der Waals surface area contributed by atoms with Gasteiger partial charge >= 0.3 is 0 Å². The number of hydrogen-bond donors (Lipinski definition) is 2. The summed E-state index contributed by atoms with van der Waals surface area (Å²) in [5.41, 5.74) is 1.31. The van der Waals surface area contributed by atoms with Crippen LogP contribution in [0.2, 0.25) is 0 Å². The molecule has 1 fully saturated rings. The molecule has 0 bridgehead atoms. The highest BCUT2D eigenvalue weighted by atomic mass is 16.2. The summed E-state index contributed by atoms with van der Waals surface area (Å²) in [5.74, 6) is 0.916. The Bertz CT molecular complexity index is 815. The number of carbonyl (C=O) groups is 2. The molecule has 160 valence electrons. The first-order chi connectivity index (χ1) is 14.4. The molecule has 1 heterocycles. The predicted octanol–water partition coefficient (Wildman–Crippen LogP) is 3.64. The van der Waals surface area contributed by atoms with Crippen LogP contribution in [0.4, 0.5) is 0 Å². The molecule has 0 aromatic heterocycles. The van der Waals surface area contributed by atoms with Gasteiger partial charge in [-0.1, -0.05) is 62.4 Å². The Hall–Kier alpha value is -2.66. The van der Waals surface area contributed by atoms with Crippen LogP contribution in [0.25, 0.3) is 0 Å². The van der Waals surface area contributed by atoms with E-state index in [4.69, 9.17) is 0 Å². The van der Waals surface area contributed by atoms with E-state index in [0.29, 0.717) is 17.4 Å². The quantitative estimate of drug-likeness (QED) is 0.737. The molecule has 1 saturated heterocycles. The Kier molecular flexibility index (Phi) is 7.63. The molecule has 30 heavy (non-hydrogen) atoms. The first kappa shape index (κ1) is 22.0. The van der Waals surface area contributed by atoms with E-state index in [-0.39, 0.29) is 17.9 Å². The maximum atomic E-state index is 13.1. The van der Waals surface area contributed by atoms with Gasteiger partial charge < -0.3 is 15.5 Å². The number of benzene rings is 2. The lowest BCUT2D eigenvalue weighted by atomic mass is 9.91. The van der Waals surface area contributed by atoms with Gasteiger partial charge in [0.1, 0.15) is 6.04 Å². The number of hydrogen-bond acceptors (Lipinski definition) is 3. The van der Waals surface area contributed by atoms with Gasteiger partial charge in [-0.25, -0.2) is 0 Å². The van der Waals surface area contributed by atoms with Crippen LogP contribution in [-0.4, -0.2) is 42.4 Å². The van der Waals surface area contributed by atoms with Gasteiger partial charge in [0.25, 0.3) is 5.91 Å². The van der Waals surface area contributed by atoms with Gasteiger partial charge in [0.15, 0.2) is 0 Å². The first-order valence-corrected chi connectivity index (χ1v) is 10.9. The third-order valence-corrected chi connectivity index (χ3v) is 5.57. The maximum Gasteiger partial charge on any atom is 0.252 e. The molecule has 2 amide bonds. The second-order valence-electron chi connectivity index (χ2n) is 8.76. The third-order valence-electron chi connectivity index (χ3n) is 5.57. The molecule has 5 heteroatoms. The lowest BCUT2D eigenvalue weighted by Gasteiger charge is -2.36. The van der Waals surface area contributed by atoms with E-state index in [1.807, 2.05) is 55.5 Å². The van der Waals surface area contributed by atoms with Crippen LogP contribution in [-0.2, 0) is 4.79 Å². The van der Waals surface area contributed by atoms with Gasteiger partial charge in [0.2, 0.25) is 5.91 Å². The zero-order valence-electron chi connectivity index (χ0n) is 18.2. The molecular weight excluding hydrogens is 374 g/mol. The van der Waals surface area contributed by atoms with Crippen LogP contribution in [0.3, 0.4) is 0 Å². The number of nitrogens with one attached hydrogen (secondary N) is 2. The Morgan fingerprint density at radius 2 is 1.50 bits per heavy atom. The number of piperidine rings is 1. The molecular formula is C25H33N3O2. The highest BCUT2D eigenvalue weighted by Crippen LogP contribution is 2.21. The minimum atomic E-state index is -0.736. The number of carbonyl (C=O) groups excluding carboxylic acids is 2. The molecule has 5 nitrogen and oxygen atoms in total. The minimum absolute atomic E-state index is 0.00478. The van der Waals surface area contributed by atoms with Crippen molar-refractivity contribution >= 4 is 11.8 Å². The van der Waals surface area contributed by atoms with Gasteiger partial charge in [0, 0.05) is 31.2 Å². The summed E-state index contributed by atoms with van der Waals surface area (Å²) in [7, 11) is 0. The summed E-state index contributed by atoms with van der Waals surface area (Å²) in [4.78, 5) is 28.3. The largest absolute Gasteiger partial charge is 0.350 e. The first-order valence-electron chi connectivity index (χ1n) is 10.9. The minimum Gasteiger partial charge on any atom is -0.350 e. The molecule has 3 rings (SSSR count). The van der Waals surface area contributed by atoms with E-state index >= 15 is 0 Å². The number of amides is 2. The molecule has 0 saturated carbocycles. The molecule has 0 aliphatic carbocycles. The highest BCUT2D eigenvalue weighted by Gasteiger charge is 2.27. The van der Waals surface area contributed by atoms with Crippen molar-refractivity contribution in [2.24, 2.45) is 11.8 Å². The lowest BCUT2D eigenvalue weighted by molar-refractivity contribution is -0.123. The zero-order valence-corrected chi connectivity index (χ0v) is 18.2. The van der Waals surface area contributed by atoms with Crippen molar-refractivity contribution in [1.29, 1.82) is 0 Å². The van der Waals surface area contributed by atoms with Crippen LogP contribution < -0.4 is 10.6 Å². The van der Waals surface area contributed by atoms with E-state index in [9.17, 15) is 9.59 Å². The normalized spacial score (nSPS) is 21.4. The van der Waals surface area contributed by atoms with Crippen molar-refractivity contribution in [3.8, 4) is 0 Å². The predicted molar refractivity (Wildman–Crippen MR) is 120 cm³/mol. The van der Waals surface area contributed by atoms with Gasteiger partial charge in [-0.3, -0.25) is 9.59 Å². The fraction of sp³-hybridized carbons (Fsp3) is 0.440. The monoisotopic (exact) mass is 407 g/mol. The third kappa shape index (κ3) is 6.17. The molecule has 2 aromatic carbocycles. The van der Waals surface area contributed by atoms with Crippen molar-refractivity contribution < 1.29 is 9.59 Å². The average Bonchev–Trinajstić information content (AvgIpc) is 2.72. The summed E-state index contributed by atoms with van der Waals surface area (Å²) in [6, 6.07) is 17.6. The van der Waals surface area contributed by atoms with Crippen molar-refractivity contribution in [3.63, 3.8) is 0 Å². The van der Waals surface area contributed by atoms with Gasteiger partial charge in [-0.05, 0) is 42.9 Å². The van der Waals surface area contributed by atoms with Crippen molar-refractivity contribution in [2.45, 2.75) is 39.3 Å². The van der Waals surface area contributed by atoms with Crippen LogP contribution in [0.5, 0.6) is 0 Å². The van der Waals surface area contributed by atoms with Gasteiger partial charge in [-0.15, -0.1) is 0 Å². The van der Waals surface area contributed by atoms with Crippen LogP contribution in [0.15, 0.2) is 60.7 Å². The van der Waals surface area contributed by atoms with E-state index in [1.54, 1.807) is 12.1 Å². The van der Waals surface area contributed by atoms with Crippen LogP contribution in [0, 0.1) is 11.8 Å². The standard InChI is InChI=1S/C25H33N3O2/c1-18-14-19(2)16-28(15-18)17-20(3)26-25(30)23(21-10-6-4-7-11-21)27-24(29)22-12-8-5-9-13-22/h4-13,18-20,23H,14-17H2,1-3H3,(H,26,30)(H,27,29). The molecule has 2 N–H and O–H groups in total. The second kappa shape index (κ2) is 10.4. The van der Waals surface area contributed by atoms with Crippen LogP contribution in [0.1, 0.15) is 49.2 Å². The van der Waals surface area contributed by atoms with Gasteiger partial charge in [-0.2, -0.15) is 0 Å². The molecule has 4 atom stereocenters. The summed E-state index contributed by atoms with van der Waals surface area (Å²) >= 11 is 0. The summed E-state index contributed by atoms with van der Waals surface area (Å²) < 4.78 is 0. The van der Waals surface area contributed by atoms with E-state index in [0.717, 1.165) is 25.2 Å². The second-order valence-corrected chi connectivity index (χ2v) is 8.76. The zero-order chi connectivity index (χ0) is 21.5. The maximum absolute atomic E-state index is 13.1. The Balaban J connectivity index is 1.67. The average molecular weight is 408 g/mol. The summed E-state index contributed by atoms with van der Waals surface area (Å²) in [6.07, 6.45) is 1.26. The molecule has 2 aromatic rings. The molecule has 0 radical (unpaired) electrons. The van der Waals surface area contributed by atoms with Crippen LogP contribution >= 0.6 is 0 Å². The highest BCUT2D eigenvalue weighted by molar-refractivity contribution is 5.97. The summed E-state index contributed by atoms with van der Waals surface area (Å²) in [5, 5.41) is 6.02. The van der Waals surface area contributed by atoms with Crippen molar-refractivity contribution in [2.75, 3.05) is 19.6 Å². The number of likely N-dealkylation sites (tertiary alicyclic amines) is 1.